The molecular weight excluding hydrogens is 519 g/mol. The first-order valence-electron chi connectivity index (χ1n) is 11.9. The first-order valence-corrected chi connectivity index (χ1v) is 12.2. The number of alkyl halides is 3. The predicted molar refractivity (Wildman–Crippen MR) is 140 cm³/mol. The molecule has 1 atom stereocenters. The van der Waals surface area contributed by atoms with Crippen molar-refractivity contribution in [3.05, 3.63) is 105 Å². The first-order chi connectivity index (χ1) is 18.1. The average Bonchev–Trinajstić information content (AvgIpc) is 2.91. The second-order valence-electron chi connectivity index (χ2n) is 8.70. The lowest BCUT2D eigenvalue weighted by Gasteiger charge is -2.31. The molecule has 0 fully saturated rings. The Morgan fingerprint density at radius 1 is 1.05 bits per heavy atom. The third-order valence-corrected chi connectivity index (χ3v) is 6.45. The zero-order chi connectivity index (χ0) is 27.4. The van der Waals surface area contributed by atoms with Gasteiger partial charge in [0.1, 0.15) is 5.82 Å². The number of rotatable bonds is 8. The van der Waals surface area contributed by atoms with Crippen LogP contribution in [0.3, 0.4) is 0 Å². The number of ether oxygens (including phenoxy) is 1. The number of amides is 1. The minimum atomic E-state index is -4.52. The maximum absolute atomic E-state index is 13.7. The van der Waals surface area contributed by atoms with Gasteiger partial charge in [-0.3, -0.25) is 14.2 Å². The van der Waals surface area contributed by atoms with Gasteiger partial charge in [-0.1, -0.05) is 23.7 Å². The van der Waals surface area contributed by atoms with Crippen LogP contribution in [0.2, 0.25) is 5.02 Å². The van der Waals surface area contributed by atoms with Crippen molar-refractivity contribution >= 4 is 28.4 Å². The van der Waals surface area contributed by atoms with E-state index in [1.165, 1.54) is 16.6 Å². The highest BCUT2D eigenvalue weighted by atomic mass is 35.5. The van der Waals surface area contributed by atoms with Crippen LogP contribution in [0.4, 0.5) is 13.2 Å². The highest BCUT2D eigenvalue weighted by Crippen LogP contribution is 2.30. The summed E-state index contributed by atoms with van der Waals surface area (Å²) in [5.41, 5.74) is -0.107. The van der Waals surface area contributed by atoms with Gasteiger partial charge in [-0.05, 0) is 74.0 Å². The average molecular weight is 544 g/mol. The second kappa shape index (κ2) is 11.4. The van der Waals surface area contributed by atoms with Gasteiger partial charge in [0.25, 0.3) is 11.5 Å². The van der Waals surface area contributed by atoms with Crippen LogP contribution < -0.4 is 5.56 Å². The van der Waals surface area contributed by atoms with E-state index in [0.29, 0.717) is 40.5 Å². The van der Waals surface area contributed by atoms with Gasteiger partial charge in [-0.25, -0.2) is 4.98 Å². The van der Waals surface area contributed by atoms with Crippen molar-refractivity contribution in [1.82, 2.24) is 14.5 Å². The number of hydrogen-bond donors (Lipinski definition) is 0. The summed E-state index contributed by atoms with van der Waals surface area (Å²) in [5.74, 6) is -0.193. The van der Waals surface area contributed by atoms with Crippen molar-refractivity contribution in [2.75, 3.05) is 20.3 Å². The van der Waals surface area contributed by atoms with Crippen LogP contribution in [0.25, 0.3) is 16.6 Å². The summed E-state index contributed by atoms with van der Waals surface area (Å²) in [6.45, 7) is 2.31. The van der Waals surface area contributed by atoms with E-state index < -0.39 is 23.7 Å². The van der Waals surface area contributed by atoms with E-state index in [0.717, 1.165) is 24.3 Å². The Labute approximate surface area is 222 Å². The molecule has 1 amide bonds. The molecule has 3 aromatic carbocycles. The molecule has 0 aliphatic heterocycles. The van der Waals surface area contributed by atoms with Crippen LogP contribution in [0.15, 0.2) is 77.6 Å². The van der Waals surface area contributed by atoms with Gasteiger partial charge in [-0.15, -0.1) is 0 Å². The lowest BCUT2D eigenvalue weighted by atomic mass is 10.1. The largest absolute Gasteiger partial charge is 0.416 e. The Morgan fingerprint density at radius 2 is 1.71 bits per heavy atom. The highest BCUT2D eigenvalue weighted by Gasteiger charge is 2.31. The molecule has 0 aliphatic carbocycles. The molecule has 1 unspecified atom stereocenters. The molecular formula is C28H25ClF3N3O3. The van der Waals surface area contributed by atoms with Crippen LogP contribution in [-0.2, 0) is 10.9 Å². The summed E-state index contributed by atoms with van der Waals surface area (Å²) in [6.07, 6.45) is -4.05. The van der Waals surface area contributed by atoms with Gasteiger partial charge >= 0.3 is 6.18 Å². The number of carbonyl (C=O) groups excluding carboxylic acids is 1. The number of methoxy groups -OCH3 is 1. The molecule has 38 heavy (non-hydrogen) atoms. The van der Waals surface area contributed by atoms with E-state index in [4.69, 9.17) is 21.3 Å². The molecule has 0 saturated carbocycles. The summed E-state index contributed by atoms with van der Waals surface area (Å²) >= 11 is 6.07. The van der Waals surface area contributed by atoms with E-state index in [-0.39, 0.29) is 17.7 Å². The Morgan fingerprint density at radius 3 is 2.34 bits per heavy atom. The second-order valence-corrected chi connectivity index (χ2v) is 9.14. The number of nitrogens with zero attached hydrogens (tertiary/aromatic N) is 3. The topological polar surface area (TPSA) is 64.4 Å². The van der Waals surface area contributed by atoms with Crippen LogP contribution in [0.5, 0.6) is 0 Å². The normalized spacial score (nSPS) is 12.5. The third-order valence-electron chi connectivity index (χ3n) is 6.20. The fourth-order valence-corrected chi connectivity index (χ4v) is 4.35. The maximum Gasteiger partial charge on any atom is 0.416 e. The summed E-state index contributed by atoms with van der Waals surface area (Å²) in [7, 11) is 1.54. The Bertz CT molecular complexity index is 1490. The minimum absolute atomic E-state index is 0.0865. The summed E-state index contributed by atoms with van der Waals surface area (Å²) < 4.78 is 45.8. The van der Waals surface area contributed by atoms with Crippen LogP contribution >= 0.6 is 11.6 Å². The molecule has 198 valence electrons. The lowest BCUT2D eigenvalue weighted by Crippen LogP contribution is -2.38. The molecule has 0 radical (unpaired) electrons. The van der Waals surface area contributed by atoms with E-state index in [9.17, 15) is 22.8 Å². The molecule has 10 heteroatoms. The summed E-state index contributed by atoms with van der Waals surface area (Å²) in [4.78, 5) is 33.5. The molecule has 6 nitrogen and oxygen atoms in total. The number of benzene rings is 3. The Balaban J connectivity index is 1.83. The van der Waals surface area contributed by atoms with Crippen molar-refractivity contribution < 1.29 is 22.7 Å². The zero-order valence-electron chi connectivity index (χ0n) is 20.7. The van der Waals surface area contributed by atoms with E-state index in [2.05, 4.69) is 0 Å². The van der Waals surface area contributed by atoms with Crippen molar-refractivity contribution in [2.45, 2.75) is 25.6 Å². The summed E-state index contributed by atoms with van der Waals surface area (Å²) in [5, 5.41) is 0.891. The number of aromatic nitrogens is 2. The van der Waals surface area contributed by atoms with Gasteiger partial charge in [0.15, 0.2) is 0 Å². The zero-order valence-corrected chi connectivity index (χ0v) is 21.5. The summed E-state index contributed by atoms with van der Waals surface area (Å²) in [6, 6.07) is 16.9. The van der Waals surface area contributed by atoms with E-state index in [1.807, 2.05) is 0 Å². The number of hydrogen-bond acceptors (Lipinski definition) is 4. The van der Waals surface area contributed by atoms with Crippen LogP contribution in [0.1, 0.15) is 41.1 Å². The van der Waals surface area contributed by atoms with Crippen molar-refractivity contribution in [3.63, 3.8) is 0 Å². The lowest BCUT2D eigenvalue weighted by molar-refractivity contribution is -0.137. The minimum Gasteiger partial charge on any atom is -0.385 e. The predicted octanol–water partition coefficient (Wildman–Crippen LogP) is 6.30. The first kappa shape index (κ1) is 27.3. The van der Waals surface area contributed by atoms with Crippen LogP contribution in [0, 0.1) is 0 Å². The van der Waals surface area contributed by atoms with Gasteiger partial charge in [0.2, 0.25) is 0 Å². The SMILES string of the molecule is COCCCN(C(=O)c1ccc(C(F)(F)F)cc1)C(C)c1nc2ccccc2c(=O)n1-c1ccc(Cl)cc1. The number of halogens is 4. The number of carbonyl (C=O) groups is 1. The number of para-hydroxylation sites is 1. The Hall–Kier alpha value is -3.69. The smallest absolute Gasteiger partial charge is 0.385 e. The van der Waals surface area contributed by atoms with Crippen molar-refractivity contribution in [3.8, 4) is 5.69 Å². The molecule has 1 aromatic heterocycles. The van der Waals surface area contributed by atoms with Crippen molar-refractivity contribution in [2.24, 2.45) is 0 Å². The highest BCUT2D eigenvalue weighted by molar-refractivity contribution is 6.30. The monoisotopic (exact) mass is 543 g/mol. The molecule has 0 N–H and O–H groups in total. The fraction of sp³-hybridized carbons (Fsp3) is 0.250. The quantitative estimate of drug-likeness (QED) is 0.245. The number of fused-ring (bicyclic) bond motifs is 1. The molecule has 0 saturated heterocycles. The molecule has 0 bridgehead atoms. The van der Waals surface area contributed by atoms with Crippen LogP contribution in [-0.4, -0.2) is 40.6 Å². The molecule has 4 rings (SSSR count). The Kier molecular flexibility index (Phi) is 8.18. The molecule has 0 spiro atoms. The fourth-order valence-electron chi connectivity index (χ4n) is 4.23. The molecule has 0 aliphatic rings. The van der Waals surface area contributed by atoms with Gasteiger partial charge < -0.3 is 9.64 Å². The van der Waals surface area contributed by atoms with Gasteiger partial charge in [-0.2, -0.15) is 13.2 Å². The third kappa shape index (κ3) is 5.74. The van der Waals surface area contributed by atoms with Gasteiger partial charge in [0.05, 0.1) is 28.2 Å². The van der Waals surface area contributed by atoms with Crippen molar-refractivity contribution in [1.29, 1.82) is 0 Å². The van der Waals surface area contributed by atoms with E-state index >= 15 is 0 Å². The standard InChI is InChI=1S/C28H25ClF3N3O3/c1-18(34(16-5-17-38-2)26(36)19-8-10-20(11-9-19)28(30,31)32)25-33-24-7-4-3-6-23(24)27(37)35(25)22-14-12-21(29)13-15-22/h3-4,6-15,18H,5,16-17H2,1-2H3. The maximum atomic E-state index is 13.7. The molecule has 1 heterocycles. The molecule has 4 aromatic rings. The van der Waals surface area contributed by atoms with E-state index in [1.54, 1.807) is 55.5 Å². The van der Waals surface area contributed by atoms with Gasteiger partial charge in [0, 0.05) is 30.8 Å².